The van der Waals surface area contributed by atoms with Gasteiger partial charge in [-0.3, -0.25) is 4.79 Å². The Bertz CT molecular complexity index is 834. The number of fused-ring (bicyclic) bond motifs is 1. The molecule has 1 aliphatic rings. The topological polar surface area (TPSA) is 69.2 Å². The van der Waals surface area contributed by atoms with E-state index in [0.29, 0.717) is 29.7 Å². The standard InChI is InChI=1S/C19H19ClN2O4/c1-12(15-3-5-16(6-4-15)21-13(2)23)22-26-11-14-9-17(20)19-18(10-14)24-7-8-25-19/h3-6,9-10H,7-8,11H2,1-2H3,(H,21,23)/b22-12+. The zero-order chi connectivity index (χ0) is 18.5. The molecule has 2 aromatic carbocycles. The SMILES string of the molecule is CC(=O)Nc1ccc(/C(C)=N/OCc2cc(Cl)c3c(c2)OCCO3)cc1. The number of anilines is 1. The molecule has 2 aromatic rings. The number of halogens is 1. The van der Waals surface area contributed by atoms with E-state index >= 15 is 0 Å². The number of carbonyl (C=O) groups is 1. The molecule has 1 heterocycles. The highest BCUT2D eigenvalue weighted by atomic mass is 35.5. The average molecular weight is 375 g/mol. The van der Waals surface area contributed by atoms with Gasteiger partial charge in [-0.2, -0.15) is 0 Å². The molecule has 0 bridgehead atoms. The molecule has 0 radical (unpaired) electrons. The van der Waals surface area contributed by atoms with Crippen molar-refractivity contribution in [1.29, 1.82) is 0 Å². The summed E-state index contributed by atoms with van der Waals surface area (Å²) in [6.07, 6.45) is 0. The minimum atomic E-state index is -0.107. The largest absolute Gasteiger partial charge is 0.486 e. The summed E-state index contributed by atoms with van der Waals surface area (Å²) in [6.45, 7) is 4.58. The Morgan fingerprint density at radius 2 is 1.92 bits per heavy atom. The molecule has 7 heteroatoms. The van der Waals surface area contributed by atoms with Crippen LogP contribution in [0.2, 0.25) is 5.02 Å². The summed E-state index contributed by atoms with van der Waals surface area (Å²) in [4.78, 5) is 16.5. The smallest absolute Gasteiger partial charge is 0.221 e. The van der Waals surface area contributed by atoms with Crippen LogP contribution in [0.25, 0.3) is 0 Å². The van der Waals surface area contributed by atoms with E-state index in [-0.39, 0.29) is 12.5 Å². The van der Waals surface area contributed by atoms with Gasteiger partial charge in [0.15, 0.2) is 11.5 Å². The maximum Gasteiger partial charge on any atom is 0.221 e. The van der Waals surface area contributed by atoms with Crippen LogP contribution in [-0.2, 0) is 16.2 Å². The van der Waals surface area contributed by atoms with E-state index in [2.05, 4.69) is 10.5 Å². The Balaban J connectivity index is 1.63. The van der Waals surface area contributed by atoms with Gasteiger partial charge in [0.05, 0.1) is 10.7 Å². The second-order valence-corrected chi connectivity index (χ2v) is 6.22. The lowest BCUT2D eigenvalue weighted by atomic mass is 10.1. The van der Waals surface area contributed by atoms with Crippen LogP contribution in [0.3, 0.4) is 0 Å². The Morgan fingerprint density at radius 3 is 2.65 bits per heavy atom. The molecule has 136 valence electrons. The molecule has 1 amide bonds. The molecule has 1 N–H and O–H groups in total. The number of amides is 1. The number of rotatable bonds is 5. The van der Waals surface area contributed by atoms with Gasteiger partial charge in [-0.05, 0) is 42.3 Å². The third kappa shape index (κ3) is 4.46. The maximum absolute atomic E-state index is 11.0. The van der Waals surface area contributed by atoms with Crippen LogP contribution in [0.15, 0.2) is 41.6 Å². The van der Waals surface area contributed by atoms with Crippen LogP contribution in [0, 0.1) is 0 Å². The first-order valence-corrected chi connectivity index (χ1v) is 8.53. The van der Waals surface area contributed by atoms with Crippen molar-refractivity contribution in [2.75, 3.05) is 18.5 Å². The van der Waals surface area contributed by atoms with Gasteiger partial charge in [-0.1, -0.05) is 28.9 Å². The molecular weight excluding hydrogens is 356 g/mol. The molecule has 0 aromatic heterocycles. The van der Waals surface area contributed by atoms with Crippen LogP contribution >= 0.6 is 11.6 Å². The van der Waals surface area contributed by atoms with Crippen molar-refractivity contribution in [3.63, 3.8) is 0 Å². The summed E-state index contributed by atoms with van der Waals surface area (Å²) >= 11 is 6.21. The third-order valence-corrected chi connectivity index (χ3v) is 3.99. The lowest BCUT2D eigenvalue weighted by Crippen LogP contribution is -2.15. The molecule has 26 heavy (non-hydrogen) atoms. The summed E-state index contributed by atoms with van der Waals surface area (Å²) in [5.41, 5.74) is 3.21. The van der Waals surface area contributed by atoms with Gasteiger partial charge in [0.1, 0.15) is 19.8 Å². The highest BCUT2D eigenvalue weighted by Crippen LogP contribution is 2.38. The molecule has 0 atom stereocenters. The van der Waals surface area contributed by atoms with Crippen molar-refractivity contribution in [1.82, 2.24) is 0 Å². The number of carbonyl (C=O) groups excluding carboxylic acids is 1. The van der Waals surface area contributed by atoms with Crippen LogP contribution in [0.4, 0.5) is 5.69 Å². The van der Waals surface area contributed by atoms with E-state index in [1.165, 1.54) is 6.92 Å². The van der Waals surface area contributed by atoms with Crippen molar-refractivity contribution in [3.05, 3.63) is 52.5 Å². The molecule has 6 nitrogen and oxygen atoms in total. The Morgan fingerprint density at radius 1 is 1.19 bits per heavy atom. The van der Waals surface area contributed by atoms with Gasteiger partial charge in [0, 0.05) is 12.6 Å². The monoisotopic (exact) mass is 374 g/mol. The van der Waals surface area contributed by atoms with Crippen molar-refractivity contribution in [3.8, 4) is 11.5 Å². The minimum absolute atomic E-state index is 0.107. The Kier molecular flexibility index (Phi) is 5.63. The summed E-state index contributed by atoms with van der Waals surface area (Å²) < 4.78 is 11.0. The van der Waals surface area contributed by atoms with E-state index in [9.17, 15) is 4.79 Å². The second kappa shape index (κ2) is 8.10. The highest BCUT2D eigenvalue weighted by molar-refractivity contribution is 6.32. The molecular formula is C19H19ClN2O4. The highest BCUT2D eigenvalue weighted by Gasteiger charge is 2.16. The van der Waals surface area contributed by atoms with E-state index in [4.69, 9.17) is 25.9 Å². The van der Waals surface area contributed by atoms with Crippen molar-refractivity contribution in [2.24, 2.45) is 5.16 Å². The number of nitrogens with zero attached hydrogens (tertiary/aromatic N) is 1. The Hall–Kier alpha value is -2.73. The predicted molar refractivity (Wildman–Crippen MR) is 100 cm³/mol. The number of benzene rings is 2. The molecule has 0 spiro atoms. The van der Waals surface area contributed by atoms with E-state index < -0.39 is 0 Å². The van der Waals surface area contributed by atoms with Gasteiger partial charge in [0.25, 0.3) is 0 Å². The molecule has 0 saturated carbocycles. The van der Waals surface area contributed by atoms with E-state index in [1.54, 1.807) is 6.07 Å². The van der Waals surface area contributed by atoms with Gasteiger partial charge in [-0.15, -0.1) is 0 Å². The molecule has 3 rings (SSSR count). The molecule has 0 unspecified atom stereocenters. The average Bonchev–Trinajstić information content (AvgIpc) is 2.62. The van der Waals surface area contributed by atoms with E-state index in [1.807, 2.05) is 37.3 Å². The fourth-order valence-corrected chi connectivity index (χ4v) is 2.79. The number of nitrogens with one attached hydrogen (secondary N) is 1. The molecule has 0 fully saturated rings. The first-order chi connectivity index (χ1) is 12.5. The number of ether oxygens (including phenoxy) is 2. The quantitative estimate of drug-likeness (QED) is 0.634. The third-order valence-electron chi connectivity index (χ3n) is 3.71. The first kappa shape index (κ1) is 18.1. The van der Waals surface area contributed by atoms with Crippen LogP contribution < -0.4 is 14.8 Å². The predicted octanol–water partition coefficient (Wildman–Crippen LogP) is 4.01. The fraction of sp³-hybridized carbons (Fsp3) is 0.263. The maximum atomic E-state index is 11.0. The van der Waals surface area contributed by atoms with Crippen LogP contribution in [-0.4, -0.2) is 24.8 Å². The fourth-order valence-electron chi connectivity index (χ4n) is 2.50. The zero-order valence-corrected chi connectivity index (χ0v) is 15.3. The van der Waals surface area contributed by atoms with E-state index in [0.717, 1.165) is 22.5 Å². The molecule has 0 aliphatic carbocycles. The summed E-state index contributed by atoms with van der Waals surface area (Å²) in [5.74, 6) is 1.08. The lowest BCUT2D eigenvalue weighted by Gasteiger charge is -2.20. The van der Waals surface area contributed by atoms with Crippen molar-refractivity contribution in [2.45, 2.75) is 20.5 Å². The zero-order valence-electron chi connectivity index (χ0n) is 14.5. The summed E-state index contributed by atoms with van der Waals surface area (Å²) in [5, 5.41) is 7.35. The normalized spacial score (nSPS) is 13.3. The molecule has 1 aliphatic heterocycles. The van der Waals surface area contributed by atoms with Gasteiger partial charge in [0.2, 0.25) is 5.91 Å². The van der Waals surface area contributed by atoms with Crippen LogP contribution in [0.5, 0.6) is 11.5 Å². The molecule has 0 saturated heterocycles. The first-order valence-electron chi connectivity index (χ1n) is 8.15. The van der Waals surface area contributed by atoms with Crippen molar-refractivity contribution < 1.29 is 19.1 Å². The summed E-state index contributed by atoms with van der Waals surface area (Å²) in [6, 6.07) is 11.0. The van der Waals surface area contributed by atoms with Gasteiger partial charge in [-0.25, -0.2) is 0 Å². The number of hydrogen-bond acceptors (Lipinski definition) is 5. The van der Waals surface area contributed by atoms with Crippen molar-refractivity contribution >= 4 is 28.9 Å². The second-order valence-electron chi connectivity index (χ2n) is 5.81. The number of oxime groups is 1. The van der Waals surface area contributed by atoms with Gasteiger partial charge < -0.3 is 19.6 Å². The number of hydrogen-bond donors (Lipinski definition) is 1. The van der Waals surface area contributed by atoms with Gasteiger partial charge >= 0.3 is 0 Å². The minimum Gasteiger partial charge on any atom is -0.486 e. The van der Waals surface area contributed by atoms with Crippen LogP contribution in [0.1, 0.15) is 25.0 Å². The summed E-state index contributed by atoms with van der Waals surface area (Å²) in [7, 11) is 0. The Labute approximate surface area is 156 Å². The lowest BCUT2D eigenvalue weighted by molar-refractivity contribution is -0.114.